The van der Waals surface area contributed by atoms with Gasteiger partial charge in [0.15, 0.2) is 0 Å². The second kappa shape index (κ2) is 4.81. The molecule has 0 radical (unpaired) electrons. The van der Waals surface area contributed by atoms with Crippen molar-refractivity contribution in [3.8, 4) is 5.69 Å². The highest BCUT2D eigenvalue weighted by Crippen LogP contribution is 2.23. The molecule has 4 nitrogen and oxygen atoms in total. The molecule has 0 unspecified atom stereocenters. The van der Waals surface area contributed by atoms with Crippen LogP contribution in [0.5, 0.6) is 0 Å². The number of carbonyl (C=O) groups is 1. The number of nitrogens with zero attached hydrogens (tertiary/aromatic N) is 2. The number of hydrogen-bond acceptors (Lipinski definition) is 2. The highest BCUT2D eigenvalue weighted by molar-refractivity contribution is 6.01. The molecule has 0 atom stereocenters. The highest BCUT2D eigenvalue weighted by atomic mass is 16.4. The number of imidazole rings is 1. The molecule has 0 amide bonds. The molecule has 1 aromatic heterocycles. The molecule has 0 aliphatic carbocycles. The average Bonchev–Trinajstić information content (AvgIpc) is 2.90. The van der Waals surface area contributed by atoms with E-state index >= 15 is 0 Å². The Labute approximate surface area is 116 Å². The van der Waals surface area contributed by atoms with E-state index in [1.807, 2.05) is 28.8 Å². The Hall–Kier alpha value is -2.62. The van der Waals surface area contributed by atoms with Gasteiger partial charge in [-0.1, -0.05) is 31.2 Å². The number of carboxylic acid groups (broad SMARTS) is 1. The Morgan fingerprint density at radius 3 is 2.75 bits per heavy atom. The van der Waals surface area contributed by atoms with Crippen LogP contribution in [0, 0.1) is 0 Å². The van der Waals surface area contributed by atoms with E-state index in [2.05, 4.69) is 18.0 Å². The third-order valence-electron chi connectivity index (χ3n) is 3.44. The van der Waals surface area contributed by atoms with E-state index in [0.29, 0.717) is 5.52 Å². The summed E-state index contributed by atoms with van der Waals surface area (Å²) in [5.41, 5.74) is 3.81. The molecular weight excluding hydrogens is 252 g/mol. The molecule has 4 heteroatoms. The lowest BCUT2D eigenvalue weighted by Gasteiger charge is -2.09. The van der Waals surface area contributed by atoms with E-state index in [1.54, 1.807) is 18.5 Å². The van der Waals surface area contributed by atoms with Gasteiger partial charge in [-0.2, -0.15) is 0 Å². The molecule has 2 aromatic carbocycles. The summed E-state index contributed by atoms with van der Waals surface area (Å²) in [7, 11) is 0. The summed E-state index contributed by atoms with van der Waals surface area (Å²) in [6.45, 7) is 2.10. The predicted octanol–water partition coefficient (Wildman–Crippen LogP) is 3.29. The molecule has 0 saturated carbocycles. The Kier molecular flexibility index (Phi) is 2.99. The number of benzene rings is 2. The Morgan fingerprint density at radius 2 is 2.00 bits per heavy atom. The van der Waals surface area contributed by atoms with Crippen molar-refractivity contribution in [2.75, 3.05) is 0 Å². The summed E-state index contributed by atoms with van der Waals surface area (Å²) < 4.78 is 1.95. The summed E-state index contributed by atoms with van der Waals surface area (Å²) in [5.74, 6) is -0.954. The van der Waals surface area contributed by atoms with Crippen molar-refractivity contribution in [1.29, 1.82) is 0 Å². The van der Waals surface area contributed by atoms with Gasteiger partial charge in [0.05, 0.1) is 16.8 Å². The number of rotatable bonds is 3. The maximum absolute atomic E-state index is 11.2. The average molecular weight is 266 g/mol. The summed E-state index contributed by atoms with van der Waals surface area (Å²) in [6.07, 6.45) is 2.60. The van der Waals surface area contributed by atoms with Gasteiger partial charge in [-0.05, 0) is 30.2 Å². The van der Waals surface area contributed by atoms with Gasteiger partial charge in [0.25, 0.3) is 0 Å². The lowest BCUT2D eigenvalue weighted by molar-refractivity contribution is 0.0699. The largest absolute Gasteiger partial charge is 0.478 e. The number of aryl methyl sites for hydroxylation is 1. The van der Waals surface area contributed by atoms with E-state index in [-0.39, 0.29) is 5.56 Å². The maximum Gasteiger partial charge on any atom is 0.337 e. The van der Waals surface area contributed by atoms with Crippen molar-refractivity contribution in [2.45, 2.75) is 13.3 Å². The fourth-order valence-electron chi connectivity index (χ4n) is 2.45. The Morgan fingerprint density at radius 1 is 1.20 bits per heavy atom. The number of carboxylic acids is 1. The van der Waals surface area contributed by atoms with Crippen molar-refractivity contribution in [3.05, 3.63) is 59.9 Å². The lowest BCUT2D eigenvalue weighted by atomic mass is 10.1. The molecule has 1 heterocycles. The van der Waals surface area contributed by atoms with Gasteiger partial charge in [-0.3, -0.25) is 4.57 Å². The number of para-hydroxylation sites is 2. The number of hydrogen-bond donors (Lipinski definition) is 1. The zero-order valence-electron chi connectivity index (χ0n) is 11.1. The van der Waals surface area contributed by atoms with Gasteiger partial charge in [0.2, 0.25) is 0 Å². The van der Waals surface area contributed by atoms with E-state index in [9.17, 15) is 9.90 Å². The second-order valence-corrected chi connectivity index (χ2v) is 4.58. The first kappa shape index (κ1) is 12.4. The molecule has 0 aliphatic rings. The molecule has 0 bridgehead atoms. The van der Waals surface area contributed by atoms with Crippen LogP contribution >= 0.6 is 0 Å². The van der Waals surface area contributed by atoms with E-state index in [4.69, 9.17) is 0 Å². The third-order valence-corrected chi connectivity index (χ3v) is 3.44. The lowest BCUT2D eigenvalue weighted by Crippen LogP contribution is -1.99. The van der Waals surface area contributed by atoms with Crippen LogP contribution in [0.2, 0.25) is 0 Å². The minimum atomic E-state index is -0.954. The first-order valence-electron chi connectivity index (χ1n) is 6.50. The van der Waals surface area contributed by atoms with E-state index < -0.39 is 5.97 Å². The summed E-state index contributed by atoms with van der Waals surface area (Å²) >= 11 is 0. The molecule has 100 valence electrons. The van der Waals surface area contributed by atoms with Crippen LogP contribution in [-0.2, 0) is 6.42 Å². The third kappa shape index (κ3) is 1.86. The van der Waals surface area contributed by atoms with Crippen LogP contribution in [0.3, 0.4) is 0 Å². The number of aromatic nitrogens is 2. The van der Waals surface area contributed by atoms with Crippen LogP contribution in [0.4, 0.5) is 0 Å². The minimum absolute atomic E-state index is 0.232. The Balaban J connectivity index is 2.28. The number of fused-ring (bicyclic) bond motifs is 1. The zero-order valence-corrected chi connectivity index (χ0v) is 11.1. The molecule has 0 aliphatic heterocycles. The normalized spacial score (nSPS) is 10.8. The van der Waals surface area contributed by atoms with Crippen molar-refractivity contribution >= 4 is 17.0 Å². The van der Waals surface area contributed by atoms with Crippen molar-refractivity contribution in [1.82, 2.24) is 9.55 Å². The van der Waals surface area contributed by atoms with Gasteiger partial charge in [-0.15, -0.1) is 0 Å². The summed E-state index contributed by atoms with van der Waals surface area (Å²) in [4.78, 5) is 15.5. The van der Waals surface area contributed by atoms with Gasteiger partial charge in [0, 0.05) is 0 Å². The van der Waals surface area contributed by atoms with Crippen LogP contribution in [0.25, 0.3) is 16.7 Å². The topological polar surface area (TPSA) is 55.1 Å². The molecule has 0 spiro atoms. The van der Waals surface area contributed by atoms with E-state index in [1.165, 1.54) is 5.56 Å². The molecule has 3 rings (SSSR count). The van der Waals surface area contributed by atoms with Crippen LogP contribution in [0.1, 0.15) is 22.8 Å². The van der Waals surface area contributed by atoms with Crippen LogP contribution in [-0.4, -0.2) is 20.6 Å². The predicted molar refractivity (Wildman–Crippen MR) is 77.4 cm³/mol. The molecule has 20 heavy (non-hydrogen) atoms. The maximum atomic E-state index is 11.2. The van der Waals surface area contributed by atoms with Gasteiger partial charge in [0.1, 0.15) is 11.8 Å². The summed E-state index contributed by atoms with van der Waals surface area (Å²) in [6, 6.07) is 13.3. The fourth-order valence-corrected chi connectivity index (χ4v) is 2.45. The van der Waals surface area contributed by atoms with Gasteiger partial charge < -0.3 is 5.11 Å². The Bertz CT molecular complexity index is 790. The standard InChI is InChI=1S/C16H14N2O2/c1-2-11-6-3-4-8-13(11)18-10-17-15-12(16(19)20)7-5-9-14(15)18/h3-10H,2H2,1H3,(H,19,20). The highest BCUT2D eigenvalue weighted by Gasteiger charge is 2.14. The molecule has 0 fully saturated rings. The first-order chi connectivity index (χ1) is 9.72. The SMILES string of the molecule is CCc1ccccc1-n1cnc2c(C(=O)O)cccc21. The number of aromatic carboxylic acids is 1. The van der Waals surface area contributed by atoms with Crippen molar-refractivity contribution < 1.29 is 9.90 Å². The van der Waals surface area contributed by atoms with Gasteiger partial charge >= 0.3 is 5.97 Å². The van der Waals surface area contributed by atoms with E-state index in [0.717, 1.165) is 17.6 Å². The zero-order chi connectivity index (χ0) is 14.1. The van der Waals surface area contributed by atoms with Gasteiger partial charge in [-0.25, -0.2) is 9.78 Å². The fraction of sp³-hybridized carbons (Fsp3) is 0.125. The van der Waals surface area contributed by atoms with Crippen molar-refractivity contribution in [3.63, 3.8) is 0 Å². The molecule has 3 aromatic rings. The minimum Gasteiger partial charge on any atom is -0.478 e. The second-order valence-electron chi connectivity index (χ2n) is 4.58. The van der Waals surface area contributed by atoms with Crippen LogP contribution < -0.4 is 0 Å². The smallest absolute Gasteiger partial charge is 0.337 e. The van der Waals surface area contributed by atoms with Crippen LogP contribution in [0.15, 0.2) is 48.8 Å². The molecule has 0 saturated heterocycles. The molecule has 1 N–H and O–H groups in total. The first-order valence-corrected chi connectivity index (χ1v) is 6.50. The monoisotopic (exact) mass is 266 g/mol. The molecular formula is C16H14N2O2. The summed E-state index contributed by atoms with van der Waals surface area (Å²) in [5, 5.41) is 9.21. The quantitative estimate of drug-likeness (QED) is 0.791. The van der Waals surface area contributed by atoms with Crippen molar-refractivity contribution in [2.24, 2.45) is 0 Å².